The first kappa shape index (κ1) is 31.7. The summed E-state index contributed by atoms with van der Waals surface area (Å²) in [4.78, 5) is 61.9. The van der Waals surface area contributed by atoms with Gasteiger partial charge in [0.15, 0.2) is 6.04 Å². The van der Waals surface area contributed by atoms with E-state index in [0.717, 1.165) is 0 Å². The molecule has 5 atom stereocenters. The number of amides is 4. The highest BCUT2D eigenvalue weighted by Gasteiger charge is 2.32. The third kappa shape index (κ3) is 10.3. The van der Waals surface area contributed by atoms with Crippen LogP contribution >= 0.6 is 0 Å². The third-order valence-electron chi connectivity index (χ3n) is 6.01. The van der Waals surface area contributed by atoms with Gasteiger partial charge >= 0.3 is 5.97 Å². The van der Waals surface area contributed by atoms with Crippen LogP contribution in [0.2, 0.25) is 0 Å². The average molecular weight is 558 g/mol. The summed E-state index contributed by atoms with van der Waals surface area (Å²) in [5.74, 6) is -4.48. The topological polar surface area (TPSA) is 234 Å². The molecule has 216 valence electrons. The molecule has 0 spiro atoms. The van der Waals surface area contributed by atoms with Crippen molar-refractivity contribution in [2.45, 2.75) is 62.9 Å². The van der Waals surface area contributed by atoms with Crippen LogP contribution in [0.15, 0.2) is 54.6 Å². The Bertz CT molecular complexity index is 1170. The van der Waals surface area contributed by atoms with E-state index in [9.17, 15) is 39.3 Å². The van der Waals surface area contributed by atoms with E-state index in [1.54, 1.807) is 42.5 Å². The number of rotatable bonds is 15. The quantitative estimate of drug-likeness (QED) is 0.130. The summed E-state index contributed by atoms with van der Waals surface area (Å²) in [7, 11) is 0. The molecule has 13 heteroatoms. The van der Waals surface area contributed by atoms with Gasteiger partial charge in [-0.15, -0.1) is 0 Å². The summed E-state index contributed by atoms with van der Waals surface area (Å²) < 4.78 is 0. The van der Waals surface area contributed by atoms with E-state index < -0.39 is 59.9 Å². The SMILES string of the molecule is CC(O)C(NC(=O)C(Cc1ccccc1)NC(=O)C(Cc1ccc(O)cc1)NC(=O)C(N)CCC(N)=O)C(=O)O. The highest BCUT2D eigenvalue weighted by atomic mass is 16.4. The average Bonchev–Trinajstić information content (AvgIpc) is 2.90. The summed E-state index contributed by atoms with van der Waals surface area (Å²) in [5, 5.41) is 36.1. The largest absolute Gasteiger partial charge is 0.508 e. The number of phenols is 1. The lowest BCUT2D eigenvalue weighted by atomic mass is 10.0. The molecule has 0 bridgehead atoms. The number of nitrogens with two attached hydrogens (primary N) is 2. The van der Waals surface area contributed by atoms with Crippen molar-refractivity contribution in [3.63, 3.8) is 0 Å². The monoisotopic (exact) mass is 557 g/mol. The number of aliphatic hydroxyl groups excluding tert-OH is 1. The molecule has 0 aromatic heterocycles. The highest BCUT2D eigenvalue weighted by molar-refractivity contribution is 5.94. The van der Waals surface area contributed by atoms with Crippen molar-refractivity contribution in [3.05, 3.63) is 65.7 Å². The van der Waals surface area contributed by atoms with Crippen molar-refractivity contribution in [1.29, 1.82) is 0 Å². The zero-order chi connectivity index (χ0) is 29.8. The first-order valence-corrected chi connectivity index (χ1v) is 12.5. The van der Waals surface area contributed by atoms with E-state index in [4.69, 9.17) is 11.5 Å². The predicted molar refractivity (Wildman–Crippen MR) is 143 cm³/mol. The third-order valence-corrected chi connectivity index (χ3v) is 6.01. The summed E-state index contributed by atoms with van der Waals surface area (Å²) >= 11 is 0. The lowest BCUT2D eigenvalue weighted by Gasteiger charge is -2.26. The molecular weight excluding hydrogens is 522 g/mol. The first-order chi connectivity index (χ1) is 18.9. The first-order valence-electron chi connectivity index (χ1n) is 12.5. The fourth-order valence-corrected chi connectivity index (χ4v) is 3.76. The van der Waals surface area contributed by atoms with Gasteiger partial charge in [-0.1, -0.05) is 42.5 Å². The number of nitrogens with one attached hydrogen (secondary N) is 3. The minimum Gasteiger partial charge on any atom is -0.508 e. The molecule has 5 unspecified atom stereocenters. The molecular formula is C27H35N5O8. The van der Waals surface area contributed by atoms with Crippen molar-refractivity contribution in [2.75, 3.05) is 0 Å². The van der Waals surface area contributed by atoms with Gasteiger partial charge in [-0.25, -0.2) is 4.79 Å². The van der Waals surface area contributed by atoms with Crippen LogP contribution in [-0.2, 0) is 36.8 Å². The van der Waals surface area contributed by atoms with Crippen LogP contribution in [-0.4, -0.2) is 75.2 Å². The normalized spacial score (nSPS) is 14.6. The molecule has 4 amide bonds. The van der Waals surface area contributed by atoms with Crippen LogP contribution < -0.4 is 27.4 Å². The van der Waals surface area contributed by atoms with E-state index in [0.29, 0.717) is 11.1 Å². The van der Waals surface area contributed by atoms with Gasteiger partial charge in [0.2, 0.25) is 23.6 Å². The fraction of sp³-hybridized carbons (Fsp3) is 0.370. The Balaban J connectivity index is 2.31. The number of carbonyl (C=O) groups excluding carboxylic acids is 4. The molecule has 0 aliphatic heterocycles. The van der Waals surface area contributed by atoms with Crippen LogP contribution in [0.3, 0.4) is 0 Å². The van der Waals surface area contributed by atoms with Gasteiger partial charge in [0.05, 0.1) is 12.1 Å². The number of aliphatic hydroxyl groups is 1. The summed E-state index contributed by atoms with van der Waals surface area (Å²) in [6.07, 6.45) is -1.69. The maximum Gasteiger partial charge on any atom is 0.328 e. The van der Waals surface area contributed by atoms with Gasteiger partial charge in [-0.3, -0.25) is 19.2 Å². The molecule has 13 nitrogen and oxygen atoms in total. The van der Waals surface area contributed by atoms with E-state index in [1.165, 1.54) is 19.1 Å². The van der Waals surface area contributed by atoms with Crippen LogP contribution in [0.5, 0.6) is 5.75 Å². The Labute approximate surface area is 230 Å². The number of aromatic hydroxyl groups is 1. The second kappa shape index (κ2) is 15.2. The molecule has 0 aliphatic carbocycles. The number of primary amides is 1. The molecule has 0 saturated carbocycles. The van der Waals surface area contributed by atoms with E-state index in [1.807, 2.05) is 0 Å². The lowest BCUT2D eigenvalue weighted by molar-refractivity contribution is -0.145. The fourth-order valence-electron chi connectivity index (χ4n) is 3.76. The number of carbonyl (C=O) groups is 5. The van der Waals surface area contributed by atoms with Gasteiger partial charge in [0, 0.05) is 19.3 Å². The van der Waals surface area contributed by atoms with Gasteiger partial charge in [-0.2, -0.15) is 0 Å². The second-order valence-corrected chi connectivity index (χ2v) is 9.36. The van der Waals surface area contributed by atoms with Crippen molar-refractivity contribution >= 4 is 29.6 Å². The van der Waals surface area contributed by atoms with E-state index in [2.05, 4.69) is 16.0 Å². The smallest absolute Gasteiger partial charge is 0.328 e. The number of aliphatic carboxylic acids is 1. The maximum atomic E-state index is 13.5. The van der Waals surface area contributed by atoms with Gasteiger partial charge < -0.3 is 42.7 Å². The van der Waals surface area contributed by atoms with Crippen molar-refractivity contribution in [3.8, 4) is 5.75 Å². The lowest BCUT2D eigenvalue weighted by Crippen LogP contribution is -2.59. The molecule has 2 aromatic carbocycles. The summed E-state index contributed by atoms with van der Waals surface area (Å²) in [6.45, 7) is 1.20. The Hall–Kier alpha value is -4.49. The van der Waals surface area contributed by atoms with E-state index >= 15 is 0 Å². The molecule has 40 heavy (non-hydrogen) atoms. The van der Waals surface area contributed by atoms with Crippen LogP contribution in [0.1, 0.15) is 30.9 Å². The Morgan fingerprint density at radius 3 is 1.80 bits per heavy atom. The number of carboxylic acid groups (broad SMARTS) is 1. The molecule has 10 N–H and O–H groups in total. The number of phenolic OH excluding ortho intramolecular Hbond substituents is 1. The minimum absolute atomic E-state index is 0.00652. The summed E-state index contributed by atoms with van der Waals surface area (Å²) in [6, 6.07) is 9.23. The molecule has 2 rings (SSSR count). The van der Waals surface area contributed by atoms with Crippen molar-refractivity contribution in [2.24, 2.45) is 11.5 Å². The predicted octanol–water partition coefficient (Wildman–Crippen LogP) is -1.31. The Morgan fingerprint density at radius 1 is 0.800 bits per heavy atom. The zero-order valence-electron chi connectivity index (χ0n) is 21.9. The maximum absolute atomic E-state index is 13.5. The van der Waals surface area contributed by atoms with Gasteiger partial charge in [-0.05, 0) is 36.6 Å². The Kier molecular flexibility index (Phi) is 12.0. The van der Waals surface area contributed by atoms with Crippen molar-refractivity contribution in [1.82, 2.24) is 16.0 Å². The molecule has 0 heterocycles. The second-order valence-electron chi connectivity index (χ2n) is 9.36. The number of hydrogen-bond acceptors (Lipinski definition) is 8. The highest BCUT2D eigenvalue weighted by Crippen LogP contribution is 2.13. The van der Waals surface area contributed by atoms with Gasteiger partial charge in [0.1, 0.15) is 17.8 Å². The molecule has 2 aromatic rings. The zero-order valence-corrected chi connectivity index (χ0v) is 21.9. The molecule has 0 saturated heterocycles. The number of hydrogen-bond donors (Lipinski definition) is 8. The number of carboxylic acids is 1. The van der Waals surface area contributed by atoms with E-state index in [-0.39, 0.29) is 31.4 Å². The Morgan fingerprint density at radius 2 is 1.30 bits per heavy atom. The van der Waals surface area contributed by atoms with Crippen molar-refractivity contribution < 1.29 is 39.3 Å². The number of benzene rings is 2. The standard InChI is InChI=1S/C27H35N5O8/c1-15(33)23(27(39)40)32-26(38)21(13-16-5-3-2-4-6-16)31-25(37)20(14-17-7-9-18(34)10-8-17)30-24(36)19(28)11-12-22(29)35/h2-10,15,19-21,23,33-34H,11-14,28H2,1H3,(H2,29,35)(H,30,36)(H,31,37)(H,32,38)(H,39,40). The summed E-state index contributed by atoms with van der Waals surface area (Å²) in [5.41, 5.74) is 12.2. The molecule has 0 radical (unpaired) electrons. The molecule has 0 fully saturated rings. The molecule has 0 aliphatic rings. The van der Waals surface area contributed by atoms with Crippen LogP contribution in [0.4, 0.5) is 0 Å². The van der Waals surface area contributed by atoms with Crippen LogP contribution in [0.25, 0.3) is 0 Å². The minimum atomic E-state index is -1.63. The van der Waals surface area contributed by atoms with Crippen LogP contribution in [0, 0.1) is 0 Å². The van der Waals surface area contributed by atoms with Gasteiger partial charge in [0.25, 0.3) is 0 Å².